The SMILES string of the molecule is Cc1cnc(Cn2c(CCl)nc3cc(Br)c(F)cc32)o1. The Morgan fingerprint density at radius 1 is 1.45 bits per heavy atom. The fraction of sp³-hybridized carbons (Fsp3) is 0.231. The van der Waals surface area contributed by atoms with Gasteiger partial charge in [0.15, 0.2) is 0 Å². The third-order valence-electron chi connectivity index (χ3n) is 2.95. The normalized spacial score (nSPS) is 11.4. The second kappa shape index (κ2) is 5.18. The highest BCUT2D eigenvalue weighted by Crippen LogP contribution is 2.25. The molecule has 0 bridgehead atoms. The van der Waals surface area contributed by atoms with E-state index >= 15 is 0 Å². The van der Waals surface area contributed by atoms with Crippen molar-refractivity contribution in [2.75, 3.05) is 0 Å². The number of aryl methyl sites for hydroxylation is 1. The summed E-state index contributed by atoms with van der Waals surface area (Å²) in [6.07, 6.45) is 1.64. The average Bonchev–Trinajstić information content (AvgIpc) is 2.96. The third-order valence-corrected chi connectivity index (χ3v) is 3.80. The molecule has 3 aromatic rings. The monoisotopic (exact) mass is 357 g/mol. The Kier molecular flexibility index (Phi) is 3.52. The first kappa shape index (κ1) is 13.6. The maximum Gasteiger partial charge on any atom is 0.214 e. The largest absolute Gasteiger partial charge is 0.444 e. The lowest BCUT2D eigenvalue weighted by Gasteiger charge is -2.05. The van der Waals surface area contributed by atoms with Crippen molar-refractivity contribution in [2.45, 2.75) is 19.3 Å². The summed E-state index contributed by atoms with van der Waals surface area (Å²) in [5.74, 6) is 1.80. The van der Waals surface area contributed by atoms with Crippen LogP contribution in [-0.2, 0) is 12.4 Å². The minimum absolute atomic E-state index is 0.230. The van der Waals surface area contributed by atoms with E-state index in [0.29, 0.717) is 33.8 Å². The Bertz CT molecular complexity index is 783. The van der Waals surface area contributed by atoms with E-state index in [0.717, 1.165) is 5.76 Å². The summed E-state index contributed by atoms with van der Waals surface area (Å²) in [5, 5.41) is 0. The number of halogens is 3. The summed E-state index contributed by atoms with van der Waals surface area (Å²) in [5.41, 5.74) is 1.34. The summed E-state index contributed by atoms with van der Waals surface area (Å²) < 4.78 is 21.4. The lowest BCUT2D eigenvalue weighted by atomic mass is 10.3. The molecule has 1 aromatic carbocycles. The molecule has 20 heavy (non-hydrogen) atoms. The van der Waals surface area contributed by atoms with E-state index in [1.807, 2.05) is 11.5 Å². The lowest BCUT2D eigenvalue weighted by molar-refractivity contribution is 0.457. The van der Waals surface area contributed by atoms with Gasteiger partial charge in [-0.1, -0.05) is 0 Å². The molecule has 0 saturated carbocycles. The molecular formula is C13H10BrClFN3O. The summed E-state index contributed by atoms with van der Waals surface area (Å²) in [7, 11) is 0. The van der Waals surface area contributed by atoms with Crippen LogP contribution in [0.4, 0.5) is 4.39 Å². The van der Waals surface area contributed by atoms with Crippen LogP contribution in [0.2, 0.25) is 0 Å². The van der Waals surface area contributed by atoms with Gasteiger partial charge in [0.25, 0.3) is 0 Å². The van der Waals surface area contributed by atoms with Crippen molar-refractivity contribution in [3.05, 3.63) is 46.1 Å². The van der Waals surface area contributed by atoms with E-state index in [1.54, 1.807) is 12.3 Å². The van der Waals surface area contributed by atoms with Gasteiger partial charge in [0.1, 0.15) is 23.9 Å². The minimum Gasteiger partial charge on any atom is -0.444 e. The highest BCUT2D eigenvalue weighted by molar-refractivity contribution is 9.10. The van der Waals surface area contributed by atoms with Gasteiger partial charge in [-0.05, 0) is 28.9 Å². The number of hydrogen-bond acceptors (Lipinski definition) is 3. The van der Waals surface area contributed by atoms with E-state index in [4.69, 9.17) is 16.0 Å². The number of oxazole rings is 1. The maximum absolute atomic E-state index is 13.7. The molecule has 0 saturated heterocycles. The maximum atomic E-state index is 13.7. The van der Waals surface area contributed by atoms with Crippen molar-refractivity contribution in [3.8, 4) is 0 Å². The van der Waals surface area contributed by atoms with Crippen molar-refractivity contribution < 1.29 is 8.81 Å². The van der Waals surface area contributed by atoms with Crippen LogP contribution in [0.5, 0.6) is 0 Å². The summed E-state index contributed by atoms with van der Waals surface area (Å²) in [6.45, 7) is 2.19. The topological polar surface area (TPSA) is 43.9 Å². The minimum atomic E-state index is -0.344. The van der Waals surface area contributed by atoms with Crippen LogP contribution in [0.3, 0.4) is 0 Å². The van der Waals surface area contributed by atoms with E-state index < -0.39 is 0 Å². The fourth-order valence-electron chi connectivity index (χ4n) is 2.06. The van der Waals surface area contributed by atoms with Crippen LogP contribution in [-0.4, -0.2) is 14.5 Å². The predicted octanol–water partition coefficient (Wildman–Crippen LogP) is 4.02. The standard InChI is InChI=1S/C13H10BrClFN3O/c1-7-5-17-13(20-7)6-19-11-3-9(16)8(14)2-10(11)18-12(19)4-15/h2-3,5H,4,6H2,1H3. The molecule has 104 valence electrons. The summed E-state index contributed by atoms with van der Waals surface area (Å²) >= 11 is 9.07. The van der Waals surface area contributed by atoms with Crippen LogP contribution in [0.15, 0.2) is 27.2 Å². The Hall–Kier alpha value is -1.40. The molecule has 0 aliphatic carbocycles. The van der Waals surface area contributed by atoms with Crippen LogP contribution < -0.4 is 0 Å². The third kappa shape index (κ3) is 2.33. The first-order chi connectivity index (χ1) is 9.58. The van der Waals surface area contributed by atoms with Gasteiger partial charge in [-0.2, -0.15) is 0 Å². The Morgan fingerprint density at radius 3 is 2.90 bits per heavy atom. The zero-order valence-corrected chi connectivity index (χ0v) is 12.9. The molecule has 0 N–H and O–H groups in total. The Labute approximate surface area is 127 Å². The molecule has 0 unspecified atom stereocenters. The van der Waals surface area contributed by atoms with Crippen LogP contribution in [0.25, 0.3) is 11.0 Å². The van der Waals surface area contributed by atoms with Crippen molar-refractivity contribution in [1.82, 2.24) is 14.5 Å². The molecule has 2 heterocycles. The second-order valence-electron chi connectivity index (χ2n) is 4.37. The molecule has 0 amide bonds. The molecule has 0 aliphatic heterocycles. The first-order valence-corrected chi connectivity index (χ1v) is 7.22. The summed E-state index contributed by atoms with van der Waals surface area (Å²) in [4.78, 5) is 8.55. The van der Waals surface area contributed by atoms with Crippen molar-refractivity contribution >= 4 is 38.6 Å². The number of aromatic nitrogens is 3. The van der Waals surface area contributed by atoms with Crippen molar-refractivity contribution in [1.29, 1.82) is 0 Å². The lowest BCUT2D eigenvalue weighted by Crippen LogP contribution is -2.04. The zero-order valence-electron chi connectivity index (χ0n) is 10.5. The molecule has 3 rings (SSSR count). The molecule has 0 spiro atoms. The van der Waals surface area contributed by atoms with Crippen LogP contribution >= 0.6 is 27.5 Å². The van der Waals surface area contributed by atoms with Crippen molar-refractivity contribution in [2.24, 2.45) is 0 Å². The number of benzene rings is 1. The van der Waals surface area contributed by atoms with Gasteiger partial charge in [-0.15, -0.1) is 11.6 Å². The molecule has 0 atom stereocenters. The fourth-order valence-corrected chi connectivity index (χ4v) is 2.59. The molecular weight excluding hydrogens is 349 g/mol. The molecule has 0 aliphatic rings. The van der Waals surface area contributed by atoms with E-state index in [2.05, 4.69) is 25.9 Å². The molecule has 0 radical (unpaired) electrons. The Balaban J connectivity index is 2.14. The molecule has 2 aromatic heterocycles. The molecule has 7 heteroatoms. The number of alkyl halides is 1. The Morgan fingerprint density at radius 2 is 2.25 bits per heavy atom. The quantitative estimate of drug-likeness (QED) is 0.664. The number of hydrogen-bond donors (Lipinski definition) is 0. The number of nitrogens with zero attached hydrogens (tertiary/aromatic N) is 3. The summed E-state index contributed by atoms with van der Waals surface area (Å²) in [6, 6.07) is 3.07. The highest BCUT2D eigenvalue weighted by Gasteiger charge is 2.15. The smallest absolute Gasteiger partial charge is 0.214 e. The zero-order chi connectivity index (χ0) is 14.3. The van der Waals surface area contributed by atoms with Gasteiger partial charge in [0.05, 0.1) is 27.6 Å². The van der Waals surface area contributed by atoms with Gasteiger partial charge in [0, 0.05) is 6.07 Å². The first-order valence-electron chi connectivity index (χ1n) is 5.90. The number of fused-ring (bicyclic) bond motifs is 1. The van der Waals surface area contributed by atoms with E-state index in [-0.39, 0.29) is 11.7 Å². The average molecular weight is 359 g/mol. The molecule has 0 fully saturated rings. The second-order valence-corrected chi connectivity index (χ2v) is 5.49. The van der Waals surface area contributed by atoms with Gasteiger partial charge >= 0.3 is 0 Å². The van der Waals surface area contributed by atoms with Gasteiger partial charge in [0.2, 0.25) is 5.89 Å². The van der Waals surface area contributed by atoms with E-state index in [1.165, 1.54) is 6.07 Å². The predicted molar refractivity (Wildman–Crippen MR) is 77.3 cm³/mol. The van der Waals surface area contributed by atoms with Gasteiger partial charge in [-0.3, -0.25) is 0 Å². The van der Waals surface area contributed by atoms with E-state index in [9.17, 15) is 4.39 Å². The van der Waals surface area contributed by atoms with Gasteiger partial charge < -0.3 is 8.98 Å². The van der Waals surface area contributed by atoms with Crippen LogP contribution in [0.1, 0.15) is 17.5 Å². The van der Waals surface area contributed by atoms with Gasteiger partial charge in [-0.25, -0.2) is 14.4 Å². The number of imidazole rings is 1. The number of rotatable bonds is 3. The van der Waals surface area contributed by atoms with Crippen LogP contribution in [0, 0.1) is 12.7 Å². The highest BCUT2D eigenvalue weighted by atomic mass is 79.9. The van der Waals surface area contributed by atoms with Crippen molar-refractivity contribution in [3.63, 3.8) is 0 Å². The molecule has 4 nitrogen and oxygen atoms in total.